The molecule has 0 fully saturated rings. The quantitative estimate of drug-likeness (QED) is 0.372. The van der Waals surface area contributed by atoms with E-state index in [0.29, 0.717) is 38.0 Å². The molecule has 0 radical (unpaired) electrons. The first kappa shape index (κ1) is 17.3. The Morgan fingerprint density at radius 1 is 0.923 bits per heavy atom. The zero-order chi connectivity index (χ0) is 18.3. The van der Waals surface area contributed by atoms with E-state index in [1.165, 1.54) is 0 Å². The maximum atomic E-state index is 13.2. The molecule has 6 heteroatoms. The molecule has 0 aliphatic rings. The molecule has 0 amide bonds. The minimum absolute atomic E-state index is 0.154. The highest BCUT2D eigenvalue weighted by Gasteiger charge is 2.16. The first-order chi connectivity index (χ1) is 12.5. The van der Waals surface area contributed by atoms with Crippen molar-refractivity contribution >= 4 is 50.0 Å². The second-order valence-corrected chi connectivity index (χ2v) is 7.45. The average molecular weight is 446 g/mol. The zero-order valence-electron chi connectivity index (χ0n) is 13.3. The van der Waals surface area contributed by atoms with E-state index in [0.717, 1.165) is 4.47 Å². The zero-order valence-corrected chi connectivity index (χ0v) is 16.4. The van der Waals surface area contributed by atoms with Gasteiger partial charge in [0, 0.05) is 15.1 Å². The molecule has 0 spiro atoms. The van der Waals surface area contributed by atoms with Gasteiger partial charge < -0.3 is 0 Å². The fourth-order valence-electron chi connectivity index (χ4n) is 2.81. The standard InChI is InChI=1S/C20H11BrCl2N2O/c21-12-5-8-14(9-6-12)25-19(15-10-7-13(22)11-17(15)23)24-18-4-2-1-3-16(18)20(25)26/h1-11H. The molecular formula is C20H11BrCl2N2O. The van der Waals surface area contributed by atoms with E-state index in [-0.39, 0.29) is 5.56 Å². The van der Waals surface area contributed by atoms with Crippen LogP contribution < -0.4 is 5.56 Å². The van der Waals surface area contributed by atoms with Crippen LogP contribution in [0.1, 0.15) is 0 Å². The summed E-state index contributed by atoms with van der Waals surface area (Å²) in [6.45, 7) is 0. The van der Waals surface area contributed by atoms with Crippen LogP contribution >= 0.6 is 39.1 Å². The van der Waals surface area contributed by atoms with Gasteiger partial charge in [0.1, 0.15) is 5.82 Å². The van der Waals surface area contributed by atoms with Gasteiger partial charge in [0.15, 0.2) is 0 Å². The van der Waals surface area contributed by atoms with Gasteiger partial charge in [0.2, 0.25) is 0 Å². The highest BCUT2D eigenvalue weighted by molar-refractivity contribution is 9.10. The molecule has 0 saturated carbocycles. The van der Waals surface area contributed by atoms with E-state index in [4.69, 9.17) is 28.2 Å². The number of benzene rings is 3. The molecule has 1 heterocycles. The number of hydrogen-bond donors (Lipinski definition) is 0. The average Bonchev–Trinajstić information content (AvgIpc) is 2.63. The maximum absolute atomic E-state index is 13.2. The summed E-state index contributed by atoms with van der Waals surface area (Å²) in [5.74, 6) is 0.470. The van der Waals surface area contributed by atoms with Crippen LogP contribution in [0.25, 0.3) is 28.0 Å². The van der Waals surface area contributed by atoms with E-state index in [9.17, 15) is 4.79 Å². The molecule has 26 heavy (non-hydrogen) atoms. The van der Waals surface area contributed by atoms with Gasteiger partial charge in [-0.1, -0.05) is 51.3 Å². The summed E-state index contributed by atoms with van der Waals surface area (Å²) in [6, 6.07) is 19.9. The third-order valence-corrected chi connectivity index (χ3v) is 5.11. The van der Waals surface area contributed by atoms with Gasteiger partial charge in [-0.2, -0.15) is 0 Å². The maximum Gasteiger partial charge on any atom is 0.266 e. The SMILES string of the molecule is O=c1c2ccccc2nc(-c2ccc(Cl)cc2Cl)n1-c1ccc(Br)cc1. The van der Waals surface area contributed by atoms with Gasteiger partial charge in [-0.05, 0) is 54.6 Å². The molecule has 4 rings (SSSR count). The summed E-state index contributed by atoms with van der Waals surface area (Å²) in [7, 11) is 0. The van der Waals surface area contributed by atoms with Crippen molar-refractivity contribution < 1.29 is 0 Å². The first-order valence-corrected chi connectivity index (χ1v) is 9.32. The third kappa shape index (κ3) is 3.05. The molecule has 0 unspecified atom stereocenters. The summed E-state index contributed by atoms with van der Waals surface area (Å²) >= 11 is 15.9. The van der Waals surface area contributed by atoms with E-state index in [1.807, 2.05) is 42.5 Å². The summed E-state index contributed by atoms with van der Waals surface area (Å²) in [6.07, 6.45) is 0. The minimum Gasteiger partial charge on any atom is -0.268 e. The van der Waals surface area contributed by atoms with Crippen LogP contribution in [0.3, 0.4) is 0 Å². The van der Waals surface area contributed by atoms with E-state index >= 15 is 0 Å². The Kier molecular flexibility index (Phi) is 4.57. The van der Waals surface area contributed by atoms with Crippen molar-refractivity contribution in [1.82, 2.24) is 9.55 Å². The van der Waals surface area contributed by atoms with Gasteiger partial charge in [0.05, 0.1) is 21.6 Å². The molecular weight excluding hydrogens is 435 g/mol. The number of hydrogen-bond acceptors (Lipinski definition) is 2. The highest BCUT2D eigenvalue weighted by Crippen LogP contribution is 2.31. The lowest BCUT2D eigenvalue weighted by Gasteiger charge is -2.15. The van der Waals surface area contributed by atoms with E-state index in [1.54, 1.807) is 28.8 Å². The van der Waals surface area contributed by atoms with Crippen molar-refractivity contribution in [2.45, 2.75) is 0 Å². The molecule has 3 aromatic carbocycles. The Balaban J connectivity index is 2.12. The second-order valence-electron chi connectivity index (χ2n) is 5.69. The van der Waals surface area contributed by atoms with Crippen molar-refractivity contribution in [2.24, 2.45) is 0 Å². The Morgan fingerprint density at radius 3 is 2.38 bits per heavy atom. The summed E-state index contributed by atoms with van der Waals surface area (Å²) in [5, 5.41) is 1.51. The van der Waals surface area contributed by atoms with Crippen LogP contribution in [0.5, 0.6) is 0 Å². The summed E-state index contributed by atoms with van der Waals surface area (Å²) in [5.41, 5.74) is 1.81. The molecule has 4 aromatic rings. The van der Waals surface area contributed by atoms with Gasteiger partial charge in [-0.3, -0.25) is 9.36 Å². The van der Waals surface area contributed by atoms with E-state index in [2.05, 4.69) is 15.9 Å². The number of nitrogens with zero attached hydrogens (tertiary/aromatic N) is 2. The van der Waals surface area contributed by atoms with Crippen molar-refractivity contribution in [1.29, 1.82) is 0 Å². The molecule has 3 nitrogen and oxygen atoms in total. The first-order valence-electron chi connectivity index (χ1n) is 7.78. The number of halogens is 3. The summed E-state index contributed by atoms with van der Waals surface area (Å²) in [4.78, 5) is 17.9. The molecule has 128 valence electrons. The number of aromatic nitrogens is 2. The van der Waals surface area contributed by atoms with Gasteiger partial charge in [0.25, 0.3) is 5.56 Å². The number of rotatable bonds is 2. The Labute approximate surface area is 168 Å². The largest absolute Gasteiger partial charge is 0.268 e. The lowest BCUT2D eigenvalue weighted by Crippen LogP contribution is -2.22. The van der Waals surface area contributed by atoms with Crippen molar-refractivity contribution in [3.8, 4) is 17.1 Å². The van der Waals surface area contributed by atoms with Crippen LogP contribution in [0, 0.1) is 0 Å². The predicted octanol–water partition coefficient (Wildman–Crippen LogP) is 6.12. The van der Waals surface area contributed by atoms with Crippen molar-refractivity contribution in [3.63, 3.8) is 0 Å². The second kappa shape index (κ2) is 6.88. The lowest BCUT2D eigenvalue weighted by molar-refractivity contribution is 0.975. The molecule has 1 aromatic heterocycles. The third-order valence-electron chi connectivity index (χ3n) is 4.03. The molecule has 0 saturated heterocycles. The van der Waals surface area contributed by atoms with Crippen LogP contribution in [0.15, 0.2) is 76.0 Å². The fraction of sp³-hybridized carbons (Fsp3) is 0. The number of fused-ring (bicyclic) bond motifs is 1. The molecule has 0 N–H and O–H groups in total. The topological polar surface area (TPSA) is 34.9 Å². The normalized spacial score (nSPS) is 11.0. The van der Waals surface area contributed by atoms with Crippen LogP contribution in [-0.2, 0) is 0 Å². The minimum atomic E-state index is -0.154. The molecule has 0 aliphatic carbocycles. The van der Waals surface area contributed by atoms with Gasteiger partial charge in [-0.25, -0.2) is 4.98 Å². The lowest BCUT2D eigenvalue weighted by atomic mass is 10.1. The highest BCUT2D eigenvalue weighted by atomic mass is 79.9. The van der Waals surface area contributed by atoms with Crippen LogP contribution in [0.4, 0.5) is 0 Å². The molecule has 0 bridgehead atoms. The van der Waals surface area contributed by atoms with Crippen LogP contribution in [0.2, 0.25) is 10.0 Å². The van der Waals surface area contributed by atoms with Gasteiger partial charge in [-0.15, -0.1) is 0 Å². The molecule has 0 atom stereocenters. The Morgan fingerprint density at radius 2 is 1.65 bits per heavy atom. The predicted molar refractivity (Wildman–Crippen MR) is 110 cm³/mol. The summed E-state index contributed by atoms with van der Waals surface area (Å²) < 4.78 is 2.50. The monoisotopic (exact) mass is 444 g/mol. The molecule has 0 aliphatic heterocycles. The van der Waals surface area contributed by atoms with Crippen molar-refractivity contribution in [2.75, 3.05) is 0 Å². The fourth-order valence-corrected chi connectivity index (χ4v) is 3.57. The van der Waals surface area contributed by atoms with E-state index < -0.39 is 0 Å². The smallest absolute Gasteiger partial charge is 0.266 e. The van der Waals surface area contributed by atoms with Crippen LogP contribution in [-0.4, -0.2) is 9.55 Å². The van der Waals surface area contributed by atoms with Gasteiger partial charge >= 0.3 is 0 Å². The Bertz CT molecular complexity index is 1190. The van der Waals surface area contributed by atoms with Crippen molar-refractivity contribution in [3.05, 3.63) is 91.6 Å². The Hall–Kier alpha value is -2.14. The number of para-hydroxylation sites is 1.